The van der Waals surface area contributed by atoms with E-state index in [1.807, 2.05) is 0 Å². The summed E-state index contributed by atoms with van der Waals surface area (Å²) < 4.78 is 0. The van der Waals surface area contributed by atoms with Crippen LogP contribution in [0.15, 0.2) is 12.1 Å². The molecule has 1 fully saturated rings. The summed E-state index contributed by atoms with van der Waals surface area (Å²) in [7, 11) is 1.76. The molecule has 1 aromatic heterocycles. The van der Waals surface area contributed by atoms with Crippen LogP contribution in [-0.4, -0.2) is 29.7 Å². The number of rotatable bonds is 4. The number of carbonyl (C=O) groups excluding carboxylic acids is 1. The minimum Gasteiger partial charge on any atom is -0.372 e. The summed E-state index contributed by atoms with van der Waals surface area (Å²) in [5, 5.41) is 13.4. The van der Waals surface area contributed by atoms with Gasteiger partial charge >= 0.3 is 0 Å². The lowest BCUT2D eigenvalue weighted by Gasteiger charge is -2.25. The zero-order valence-corrected chi connectivity index (χ0v) is 9.36. The number of nitrogens with zero attached hydrogens (tertiary/aromatic N) is 2. The van der Waals surface area contributed by atoms with Crippen LogP contribution in [0, 0.1) is 5.92 Å². The van der Waals surface area contributed by atoms with Crippen LogP contribution in [0.5, 0.6) is 0 Å². The fourth-order valence-electron chi connectivity index (χ4n) is 1.61. The van der Waals surface area contributed by atoms with Gasteiger partial charge in [-0.2, -0.15) is 0 Å². The highest BCUT2D eigenvalue weighted by atomic mass is 16.1. The molecular weight excluding hydrogens is 204 g/mol. The molecule has 1 aromatic rings. The average molecular weight is 220 g/mol. The number of amides is 1. The van der Waals surface area contributed by atoms with E-state index >= 15 is 0 Å². The number of carbonyl (C=O) groups is 1. The molecular formula is C11H16N4O. The minimum atomic E-state index is -0.137. The van der Waals surface area contributed by atoms with Crippen molar-refractivity contribution in [3.8, 4) is 0 Å². The first-order valence-electron chi connectivity index (χ1n) is 5.59. The van der Waals surface area contributed by atoms with Gasteiger partial charge in [0.25, 0.3) is 5.91 Å². The second-order valence-electron chi connectivity index (χ2n) is 4.06. The molecule has 0 bridgehead atoms. The first-order valence-corrected chi connectivity index (χ1v) is 5.59. The number of aromatic nitrogens is 2. The van der Waals surface area contributed by atoms with Crippen LogP contribution in [-0.2, 0) is 0 Å². The van der Waals surface area contributed by atoms with Crippen molar-refractivity contribution in [1.82, 2.24) is 15.5 Å². The zero-order chi connectivity index (χ0) is 11.4. The summed E-state index contributed by atoms with van der Waals surface area (Å²) in [6, 6.07) is 3.42. The largest absolute Gasteiger partial charge is 0.372 e. The Kier molecular flexibility index (Phi) is 3.34. The van der Waals surface area contributed by atoms with Crippen molar-refractivity contribution in [2.24, 2.45) is 5.92 Å². The molecule has 0 spiro atoms. The van der Waals surface area contributed by atoms with Gasteiger partial charge in [0.1, 0.15) is 5.82 Å². The maximum atomic E-state index is 11.7. The lowest BCUT2D eigenvalue weighted by molar-refractivity contribution is 0.0933. The molecule has 1 aliphatic rings. The van der Waals surface area contributed by atoms with Crippen molar-refractivity contribution in [1.29, 1.82) is 0 Å². The molecule has 0 saturated heterocycles. The van der Waals surface area contributed by atoms with Gasteiger partial charge in [-0.15, -0.1) is 10.2 Å². The Balaban J connectivity index is 1.86. The fourth-order valence-corrected chi connectivity index (χ4v) is 1.61. The Morgan fingerprint density at radius 1 is 1.44 bits per heavy atom. The van der Waals surface area contributed by atoms with Gasteiger partial charge in [-0.1, -0.05) is 6.42 Å². The van der Waals surface area contributed by atoms with Gasteiger partial charge in [0.2, 0.25) is 0 Å². The summed E-state index contributed by atoms with van der Waals surface area (Å²) >= 11 is 0. The number of hydrogen-bond donors (Lipinski definition) is 2. The van der Waals surface area contributed by atoms with Crippen LogP contribution in [0.25, 0.3) is 0 Å². The molecule has 5 heteroatoms. The molecule has 1 aliphatic carbocycles. The number of anilines is 1. The molecule has 86 valence electrons. The summed E-state index contributed by atoms with van der Waals surface area (Å²) in [5.74, 6) is 1.19. The van der Waals surface area contributed by atoms with Crippen LogP contribution >= 0.6 is 0 Å². The number of hydrogen-bond acceptors (Lipinski definition) is 4. The Labute approximate surface area is 94.6 Å². The molecule has 0 aromatic carbocycles. The molecule has 2 N–H and O–H groups in total. The van der Waals surface area contributed by atoms with E-state index in [2.05, 4.69) is 20.8 Å². The van der Waals surface area contributed by atoms with E-state index in [1.165, 1.54) is 19.3 Å². The second-order valence-corrected chi connectivity index (χ2v) is 4.06. The SMILES string of the molecule is CNc1ccc(C(=O)NCC2CCC2)nn1. The molecule has 0 atom stereocenters. The average Bonchev–Trinajstić information content (AvgIpc) is 2.27. The fraction of sp³-hybridized carbons (Fsp3) is 0.545. The van der Waals surface area contributed by atoms with Gasteiger partial charge in [-0.25, -0.2) is 0 Å². The van der Waals surface area contributed by atoms with Gasteiger partial charge < -0.3 is 10.6 Å². The van der Waals surface area contributed by atoms with Crippen LogP contribution < -0.4 is 10.6 Å². The van der Waals surface area contributed by atoms with Crippen molar-refractivity contribution in [2.75, 3.05) is 18.9 Å². The lowest BCUT2D eigenvalue weighted by atomic mass is 9.85. The maximum Gasteiger partial charge on any atom is 0.271 e. The van der Waals surface area contributed by atoms with E-state index in [1.54, 1.807) is 19.2 Å². The summed E-state index contributed by atoms with van der Waals surface area (Å²) in [5.41, 5.74) is 0.373. The summed E-state index contributed by atoms with van der Waals surface area (Å²) in [6.45, 7) is 0.758. The van der Waals surface area contributed by atoms with Gasteiger partial charge in [0.05, 0.1) is 0 Å². The van der Waals surface area contributed by atoms with Gasteiger partial charge in [-0.3, -0.25) is 4.79 Å². The molecule has 1 heterocycles. The highest BCUT2D eigenvalue weighted by Crippen LogP contribution is 2.25. The number of nitrogens with one attached hydrogen (secondary N) is 2. The van der Waals surface area contributed by atoms with E-state index < -0.39 is 0 Å². The zero-order valence-electron chi connectivity index (χ0n) is 9.36. The second kappa shape index (κ2) is 4.92. The van der Waals surface area contributed by atoms with Crippen molar-refractivity contribution >= 4 is 11.7 Å². The topological polar surface area (TPSA) is 66.9 Å². The van der Waals surface area contributed by atoms with E-state index in [9.17, 15) is 4.79 Å². The Morgan fingerprint density at radius 2 is 2.25 bits per heavy atom. The normalized spacial score (nSPS) is 15.3. The van der Waals surface area contributed by atoms with Crippen molar-refractivity contribution in [3.05, 3.63) is 17.8 Å². The van der Waals surface area contributed by atoms with Gasteiger partial charge in [-0.05, 0) is 30.9 Å². The summed E-state index contributed by atoms with van der Waals surface area (Å²) in [6.07, 6.45) is 3.74. The highest BCUT2D eigenvalue weighted by molar-refractivity contribution is 5.92. The molecule has 5 nitrogen and oxygen atoms in total. The Morgan fingerprint density at radius 3 is 2.75 bits per heavy atom. The maximum absolute atomic E-state index is 11.7. The van der Waals surface area contributed by atoms with Crippen LogP contribution in [0.3, 0.4) is 0 Å². The van der Waals surface area contributed by atoms with Crippen LogP contribution in [0.4, 0.5) is 5.82 Å². The standard InChI is InChI=1S/C11H16N4O/c1-12-10-6-5-9(14-15-10)11(16)13-7-8-3-2-4-8/h5-6,8H,2-4,7H2,1H3,(H,12,15)(H,13,16). The van der Waals surface area contributed by atoms with Gasteiger partial charge in [0.15, 0.2) is 5.69 Å². The third kappa shape index (κ3) is 2.48. The van der Waals surface area contributed by atoms with Crippen molar-refractivity contribution in [3.63, 3.8) is 0 Å². The van der Waals surface area contributed by atoms with Crippen LogP contribution in [0.2, 0.25) is 0 Å². The molecule has 0 aliphatic heterocycles. The first-order chi connectivity index (χ1) is 7.79. The van der Waals surface area contributed by atoms with E-state index in [-0.39, 0.29) is 5.91 Å². The van der Waals surface area contributed by atoms with Crippen molar-refractivity contribution in [2.45, 2.75) is 19.3 Å². The predicted molar refractivity (Wildman–Crippen MR) is 61.3 cm³/mol. The Hall–Kier alpha value is -1.65. The van der Waals surface area contributed by atoms with Crippen molar-refractivity contribution < 1.29 is 4.79 Å². The lowest BCUT2D eigenvalue weighted by Crippen LogP contribution is -2.32. The third-order valence-corrected chi connectivity index (χ3v) is 2.93. The minimum absolute atomic E-state index is 0.137. The van der Waals surface area contributed by atoms with Crippen LogP contribution in [0.1, 0.15) is 29.8 Å². The first kappa shape index (κ1) is 10.9. The quantitative estimate of drug-likeness (QED) is 0.796. The molecule has 1 saturated carbocycles. The smallest absolute Gasteiger partial charge is 0.271 e. The molecule has 1 amide bonds. The predicted octanol–water partition coefficient (Wildman–Crippen LogP) is 1.05. The molecule has 2 rings (SSSR count). The third-order valence-electron chi connectivity index (χ3n) is 2.93. The van der Waals surface area contributed by atoms with E-state index in [4.69, 9.17) is 0 Å². The van der Waals surface area contributed by atoms with E-state index in [0.717, 1.165) is 6.54 Å². The van der Waals surface area contributed by atoms with Gasteiger partial charge in [0, 0.05) is 13.6 Å². The Bertz CT molecular complexity index is 359. The summed E-state index contributed by atoms with van der Waals surface area (Å²) in [4.78, 5) is 11.7. The molecule has 0 radical (unpaired) electrons. The molecule has 16 heavy (non-hydrogen) atoms. The molecule has 0 unspecified atom stereocenters. The monoisotopic (exact) mass is 220 g/mol. The highest BCUT2D eigenvalue weighted by Gasteiger charge is 2.18. The van der Waals surface area contributed by atoms with E-state index in [0.29, 0.717) is 17.4 Å².